The molecule has 0 bridgehead atoms. The molecule has 2 N–H and O–H groups in total. The predicted molar refractivity (Wildman–Crippen MR) is 94.3 cm³/mol. The van der Waals surface area contributed by atoms with Gasteiger partial charge in [-0.25, -0.2) is 14.5 Å². The zero-order valence-electron chi connectivity index (χ0n) is 14.2. The topological polar surface area (TPSA) is 81.1 Å². The molecule has 1 aromatic carbocycles. The molecular formula is C18H21N5O2. The fourth-order valence-corrected chi connectivity index (χ4v) is 2.77. The van der Waals surface area contributed by atoms with Crippen LogP contribution < -0.4 is 15.4 Å². The van der Waals surface area contributed by atoms with Gasteiger partial charge in [-0.3, -0.25) is 0 Å². The maximum absolute atomic E-state index is 12.3. The van der Waals surface area contributed by atoms with Crippen LogP contribution in [0.1, 0.15) is 37.5 Å². The van der Waals surface area contributed by atoms with Gasteiger partial charge in [0, 0.05) is 18.7 Å². The molecular weight excluding hydrogens is 318 g/mol. The number of benzene rings is 1. The molecule has 0 saturated carbocycles. The quantitative estimate of drug-likeness (QED) is 0.820. The summed E-state index contributed by atoms with van der Waals surface area (Å²) in [7, 11) is 0. The van der Waals surface area contributed by atoms with Crippen molar-refractivity contribution in [3.05, 3.63) is 35.9 Å². The molecule has 7 heteroatoms. The van der Waals surface area contributed by atoms with E-state index in [0.29, 0.717) is 11.4 Å². The molecule has 0 saturated heterocycles. The number of terminal acetylenes is 1. The molecule has 25 heavy (non-hydrogen) atoms. The maximum atomic E-state index is 12.3. The molecule has 2 amide bonds. The normalized spacial score (nSPS) is 15.8. The number of rotatable bonds is 5. The van der Waals surface area contributed by atoms with Gasteiger partial charge in [-0.15, -0.1) is 6.42 Å². The van der Waals surface area contributed by atoms with Gasteiger partial charge in [0.05, 0.1) is 6.04 Å². The Balaban J connectivity index is 1.60. The first kappa shape index (κ1) is 16.8. The Bertz CT molecular complexity index is 776. The van der Waals surface area contributed by atoms with Crippen molar-refractivity contribution in [1.29, 1.82) is 0 Å². The maximum Gasteiger partial charge on any atom is 0.319 e. The lowest BCUT2D eigenvalue weighted by Gasteiger charge is -2.23. The monoisotopic (exact) mass is 339 g/mol. The van der Waals surface area contributed by atoms with E-state index in [9.17, 15) is 4.79 Å². The molecule has 0 fully saturated rings. The average Bonchev–Trinajstić information content (AvgIpc) is 3.05. The van der Waals surface area contributed by atoms with Gasteiger partial charge in [-0.1, -0.05) is 12.8 Å². The average molecular weight is 339 g/mol. The van der Waals surface area contributed by atoms with E-state index in [1.165, 1.54) is 0 Å². The highest BCUT2D eigenvalue weighted by atomic mass is 16.5. The summed E-state index contributed by atoms with van der Waals surface area (Å²) in [4.78, 5) is 16.8. The summed E-state index contributed by atoms with van der Waals surface area (Å²) in [5.41, 5.74) is 0.678. The van der Waals surface area contributed by atoms with Gasteiger partial charge in [0.2, 0.25) is 0 Å². The van der Waals surface area contributed by atoms with Crippen LogP contribution in [-0.2, 0) is 13.0 Å². The van der Waals surface area contributed by atoms with Crippen LogP contribution in [0.5, 0.6) is 5.75 Å². The van der Waals surface area contributed by atoms with E-state index in [-0.39, 0.29) is 18.7 Å². The molecule has 1 aliphatic heterocycles. The second-order valence-corrected chi connectivity index (χ2v) is 5.77. The van der Waals surface area contributed by atoms with Crippen LogP contribution in [0.25, 0.3) is 0 Å². The van der Waals surface area contributed by atoms with Crippen LogP contribution in [-0.4, -0.2) is 27.4 Å². The minimum atomic E-state index is -0.267. The first-order chi connectivity index (χ1) is 12.2. The van der Waals surface area contributed by atoms with E-state index in [2.05, 4.69) is 26.6 Å². The number of carbonyl (C=O) groups excluding carboxylic acids is 1. The van der Waals surface area contributed by atoms with Crippen LogP contribution in [0.3, 0.4) is 0 Å². The summed E-state index contributed by atoms with van der Waals surface area (Å²) in [6, 6.07) is 6.67. The van der Waals surface area contributed by atoms with E-state index in [4.69, 9.17) is 11.2 Å². The molecule has 2 aromatic rings. The van der Waals surface area contributed by atoms with E-state index >= 15 is 0 Å². The van der Waals surface area contributed by atoms with Gasteiger partial charge >= 0.3 is 6.03 Å². The largest absolute Gasteiger partial charge is 0.481 e. The van der Waals surface area contributed by atoms with E-state index < -0.39 is 0 Å². The molecule has 0 unspecified atom stereocenters. The number of aryl methyl sites for hydroxylation is 2. The number of hydrogen-bond acceptors (Lipinski definition) is 4. The number of amides is 2. The number of carbonyl (C=O) groups is 1. The van der Waals surface area contributed by atoms with Crippen molar-refractivity contribution in [2.24, 2.45) is 0 Å². The number of ether oxygens (including phenoxy) is 1. The second kappa shape index (κ2) is 7.71. The summed E-state index contributed by atoms with van der Waals surface area (Å²) in [6.07, 6.45) is 7.76. The van der Waals surface area contributed by atoms with E-state index in [1.54, 1.807) is 24.3 Å². The van der Waals surface area contributed by atoms with Crippen LogP contribution >= 0.6 is 0 Å². The van der Waals surface area contributed by atoms with Crippen molar-refractivity contribution in [2.75, 3.05) is 11.9 Å². The first-order valence-electron chi connectivity index (χ1n) is 8.37. The highest BCUT2D eigenvalue weighted by Gasteiger charge is 2.25. The summed E-state index contributed by atoms with van der Waals surface area (Å²) in [5, 5.41) is 10.3. The molecule has 1 atom stereocenters. The predicted octanol–water partition coefficient (Wildman–Crippen LogP) is 2.51. The molecule has 2 heterocycles. The smallest absolute Gasteiger partial charge is 0.319 e. The van der Waals surface area contributed by atoms with Crippen LogP contribution in [0.15, 0.2) is 24.3 Å². The van der Waals surface area contributed by atoms with Crippen LogP contribution in [0, 0.1) is 12.3 Å². The summed E-state index contributed by atoms with van der Waals surface area (Å²) < 4.78 is 7.20. The Morgan fingerprint density at radius 2 is 2.24 bits per heavy atom. The highest BCUT2D eigenvalue weighted by molar-refractivity contribution is 5.89. The summed E-state index contributed by atoms with van der Waals surface area (Å²) >= 11 is 0. The molecule has 0 radical (unpaired) electrons. The lowest BCUT2D eigenvalue weighted by molar-refractivity contribution is 0.244. The summed E-state index contributed by atoms with van der Waals surface area (Å²) in [5.74, 6) is 4.71. The minimum Gasteiger partial charge on any atom is -0.481 e. The molecule has 3 rings (SSSR count). The number of anilines is 1. The minimum absolute atomic E-state index is 0.125. The molecule has 0 spiro atoms. The van der Waals surface area contributed by atoms with Crippen molar-refractivity contribution in [3.8, 4) is 18.1 Å². The zero-order chi connectivity index (χ0) is 17.6. The third-order valence-corrected chi connectivity index (χ3v) is 3.97. The lowest BCUT2D eigenvalue weighted by atomic mass is 10.1. The molecule has 1 aromatic heterocycles. The van der Waals surface area contributed by atoms with Crippen LogP contribution in [0.2, 0.25) is 0 Å². The van der Waals surface area contributed by atoms with Crippen molar-refractivity contribution < 1.29 is 9.53 Å². The second-order valence-electron chi connectivity index (χ2n) is 5.77. The number of hydrogen-bond donors (Lipinski definition) is 2. The highest BCUT2D eigenvalue weighted by Crippen LogP contribution is 2.23. The molecule has 0 aliphatic carbocycles. The van der Waals surface area contributed by atoms with E-state index in [0.717, 1.165) is 37.5 Å². The van der Waals surface area contributed by atoms with Gasteiger partial charge in [-0.2, -0.15) is 5.10 Å². The zero-order valence-corrected chi connectivity index (χ0v) is 14.2. The molecule has 7 nitrogen and oxygen atoms in total. The standard InChI is InChI=1S/C18H21N5O2/c1-3-12-25-14-9-7-13(8-10-14)19-18(24)20-15-6-5-11-23-17(15)21-16(4-2)22-23/h1,7-10,15H,4-6,11-12H2,2H3,(H2,19,20,24)/t15-/m0/s1. The Morgan fingerprint density at radius 3 is 2.96 bits per heavy atom. The Hall–Kier alpha value is -3.01. The van der Waals surface area contributed by atoms with Gasteiger partial charge in [0.25, 0.3) is 0 Å². The van der Waals surface area contributed by atoms with Crippen molar-refractivity contribution >= 4 is 11.7 Å². The van der Waals surface area contributed by atoms with Gasteiger partial charge < -0.3 is 15.4 Å². The van der Waals surface area contributed by atoms with Gasteiger partial charge in [0.15, 0.2) is 5.82 Å². The number of fused-ring (bicyclic) bond motifs is 1. The van der Waals surface area contributed by atoms with Gasteiger partial charge in [-0.05, 0) is 37.1 Å². The number of aromatic nitrogens is 3. The van der Waals surface area contributed by atoms with Gasteiger partial charge in [0.1, 0.15) is 18.2 Å². The van der Waals surface area contributed by atoms with Crippen LogP contribution in [0.4, 0.5) is 10.5 Å². The fourth-order valence-electron chi connectivity index (χ4n) is 2.77. The van der Waals surface area contributed by atoms with Crippen molar-refractivity contribution in [3.63, 3.8) is 0 Å². The van der Waals surface area contributed by atoms with Crippen molar-refractivity contribution in [2.45, 2.75) is 38.8 Å². The Labute approximate surface area is 146 Å². The first-order valence-corrected chi connectivity index (χ1v) is 8.37. The number of nitrogens with zero attached hydrogens (tertiary/aromatic N) is 3. The summed E-state index contributed by atoms with van der Waals surface area (Å²) in [6.45, 7) is 3.09. The Kier molecular flexibility index (Phi) is 5.19. The number of urea groups is 1. The molecule has 130 valence electrons. The SMILES string of the molecule is C#CCOc1ccc(NC(=O)N[C@H]2CCCn3nc(CC)nc32)cc1. The third-order valence-electron chi connectivity index (χ3n) is 3.97. The molecule has 1 aliphatic rings. The fraction of sp³-hybridized carbons (Fsp3) is 0.389. The third kappa shape index (κ3) is 4.10. The van der Waals surface area contributed by atoms with E-state index in [1.807, 2.05) is 11.6 Å². The lowest BCUT2D eigenvalue weighted by Crippen LogP contribution is -2.36. The van der Waals surface area contributed by atoms with Crippen molar-refractivity contribution in [1.82, 2.24) is 20.1 Å². The number of nitrogens with one attached hydrogen (secondary N) is 2. The Morgan fingerprint density at radius 1 is 1.44 bits per heavy atom.